The molecule has 2 aromatic rings. The Morgan fingerprint density at radius 2 is 1.24 bits per heavy atom. The molecule has 0 atom stereocenters. The summed E-state index contributed by atoms with van der Waals surface area (Å²) in [4.78, 5) is 0. The minimum atomic E-state index is -4.07. The first-order chi connectivity index (χ1) is 9.86. The Morgan fingerprint density at radius 3 is 1.57 bits per heavy atom. The minimum Gasteiger partial charge on any atom is -0.207 e. The first kappa shape index (κ1) is 16.1. The van der Waals surface area contributed by atoms with Gasteiger partial charge in [-0.25, -0.2) is 16.8 Å². The third-order valence-corrected chi connectivity index (χ3v) is 6.45. The molecule has 0 saturated carbocycles. The van der Waals surface area contributed by atoms with Crippen molar-refractivity contribution in [3.63, 3.8) is 0 Å². The van der Waals surface area contributed by atoms with Crippen LogP contribution in [0.15, 0.2) is 44.5 Å². The lowest BCUT2D eigenvalue weighted by Gasteiger charge is -1.99. The molecule has 0 amide bonds. The van der Waals surface area contributed by atoms with Crippen molar-refractivity contribution >= 4 is 54.9 Å². The van der Waals surface area contributed by atoms with E-state index in [2.05, 4.69) is 0 Å². The van der Waals surface area contributed by atoms with Gasteiger partial charge in [-0.3, -0.25) is 0 Å². The minimum absolute atomic E-state index is 0.691. The van der Waals surface area contributed by atoms with E-state index in [0.29, 0.717) is 11.1 Å². The third-order valence-electron chi connectivity index (χ3n) is 2.20. The topological polar surface area (TPSA) is 80.3 Å². The maximum Gasteiger partial charge on any atom is 0.246 e. The van der Waals surface area contributed by atoms with E-state index in [1.54, 1.807) is 37.8 Å². The van der Waals surface area contributed by atoms with Crippen molar-refractivity contribution in [2.24, 2.45) is 0 Å². The molecule has 112 valence electrons. The number of nitrogens with one attached hydrogen (secondary N) is 1. The van der Waals surface area contributed by atoms with Crippen molar-refractivity contribution in [1.29, 1.82) is 0 Å². The SMILES string of the molecule is O=S(=O)(C=Cc1ccsc1)NS(=O)(=O)C=Cc1ccsc1. The second-order valence-electron chi connectivity index (χ2n) is 3.89. The van der Waals surface area contributed by atoms with Gasteiger partial charge in [-0.2, -0.15) is 22.7 Å². The van der Waals surface area contributed by atoms with Gasteiger partial charge in [0.25, 0.3) is 0 Å². The molecule has 21 heavy (non-hydrogen) atoms. The second kappa shape index (κ2) is 6.67. The van der Waals surface area contributed by atoms with Crippen LogP contribution in [0.4, 0.5) is 0 Å². The predicted molar refractivity (Wildman–Crippen MR) is 87.7 cm³/mol. The lowest BCUT2D eigenvalue weighted by molar-refractivity contribution is 0.587. The van der Waals surface area contributed by atoms with Crippen LogP contribution in [0.25, 0.3) is 12.2 Å². The normalized spacial score (nSPS) is 13.3. The maximum atomic E-state index is 11.7. The van der Waals surface area contributed by atoms with Crippen LogP contribution < -0.4 is 4.13 Å². The largest absolute Gasteiger partial charge is 0.246 e. The van der Waals surface area contributed by atoms with E-state index >= 15 is 0 Å². The Hall–Kier alpha value is -1.26. The summed E-state index contributed by atoms with van der Waals surface area (Å²) in [5, 5.41) is 8.73. The molecule has 9 heteroatoms. The van der Waals surface area contributed by atoms with Gasteiger partial charge >= 0.3 is 0 Å². The van der Waals surface area contributed by atoms with Gasteiger partial charge in [0.15, 0.2) is 0 Å². The molecule has 0 saturated heterocycles. The van der Waals surface area contributed by atoms with Crippen LogP contribution in [-0.4, -0.2) is 16.8 Å². The molecule has 0 bridgehead atoms. The summed E-state index contributed by atoms with van der Waals surface area (Å²) in [5.74, 6) is 0. The van der Waals surface area contributed by atoms with E-state index in [-0.39, 0.29) is 0 Å². The Morgan fingerprint density at radius 1 is 0.810 bits per heavy atom. The molecule has 0 radical (unpaired) electrons. The molecule has 1 N–H and O–H groups in total. The highest BCUT2D eigenvalue weighted by molar-refractivity contribution is 8.07. The fourth-order valence-electron chi connectivity index (χ4n) is 1.29. The standard InChI is InChI=1S/C12H11NO4S4/c14-20(15,7-3-11-1-5-18-9-11)13-21(16,17)8-4-12-2-6-19-10-12/h1-10,13H. The maximum absolute atomic E-state index is 11.7. The monoisotopic (exact) mass is 361 g/mol. The van der Waals surface area contributed by atoms with Crippen LogP contribution in [-0.2, 0) is 20.0 Å². The Bertz CT molecular complexity index is 757. The van der Waals surface area contributed by atoms with E-state index < -0.39 is 20.0 Å². The van der Waals surface area contributed by atoms with E-state index in [9.17, 15) is 16.8 Å². The van der Waals surface area contributed by atoms with Crippen LogP contribution in [0.3, 0.4) is 0 Å². The lowest BCUT2D eigenvalue weighted by Crippen LogP contribution is -2.26. The average Bonchev–Trinajstić information content (AvgIpc) is 3.06. The van der Waals surface area contributed by atoms with Gasteiger partial charge in [0, 0.05) is 10.8 Å². The van der Waals surface area contributed by atoms with Gasteiger partial charge in [-0.1, -0.05) is 0 Å². The molecule has 0 aliphatic carbocycles. The van der Waals surface area contributed by atoms with Gasteiger partial charge in [-0.05, 0) is 56.9 Å². The second-order valence-corrected chi connectivity index (χ2v) is 8.84. The van der Waals surface area contributed by atoms with Crippen molar-refractivity contribution in [3.8, 4) is 0 Å². The summed E-state index contributed by atoms with van der Waals surface area (Å²) in [6.07, 6.45) is 2.66. The van der Waals surface area contributed by atoms with Crippen LogP contribution in [0, 0.1) is 0 Å². The molecule has 2 heterocycles. The first-order valence-corrected chi connectivity index (χ1v) is 10.5. The summed E-state index contributed by atoms with van der Waals surface area (Å²) in [5.41, 5.74) is 1.38. The molecule has 0 spiro atoms. The summed E-state index contributed by atoms with van der Waals surface area (Å²) < 4.78 is 48.4. The van der Waals surface area contributed by atoms with Crippen molar-refractivity contribution in [3.05, 3.63) is 55.6 Å². The van der Waals surface area contributed by atoms with Gasteiger partial charge in [0.1, 0.15) is 0 Å². The summed E-state index contributed by atoms with van der Waals surface area (Å²) >= 11 is 2.83. The van der Waals surface area contributed by atoms with E-state index in [1.807, 2.05) is 0 Å². The fraction of sp³-hybridized carbons (Fsp3) is 0. The van der Waals surface area contributed by atoms with Crippen molar-refractivity contribution in [2.75, 3.05) is 0 Å². The zero-order chi connectivity index (χ0) is 15.3. The van der Waals surface area contributed by atoms with Gasteiger partial charge in [0.05, 0.1) is 0 Å². The molecule has 0 fully saturated rings. The molecule has 0 aromatic carbocycles. The van der Waals surface area contributed by atoms with E-state index in [0.717, 1.165) is 10.8 Å². The number of hydrogen-bond donors (Lipinski definition) is 1. The highest BCUT2D eigenvalue weighted by atomic mass is 32.3. The number of sulfonamides is 2. The highest BCUT2D eigenvalue weighted by Gasteiger charge is 2.15. The quantitative estimate of drug-likeness (QED) is 0.858. The van der Waals surface area contributed by atoms with Gasteiger partial charge in [0.2, 0.25) is 20.0 Å². The number of thiophene rings is 2. The van der Waals surface area contributed by atoms with Gasteiger partial charge in [-0.15, -0.1) is 4.13 Å². The van der Waals surface area contributed by atoms with Crippen molar-refractivity contribution in [2.45, 2.75) is 0 Å². The zero-order valence-electron chi connectivity index (χ0n) is 10.5. The smallest absolute Gasteiger partial charge is 0.207 e. The summed E-state index contributed by atoms with van der Waals surface area (Å²) in [6, 6.07) is 3.45. The van der Waals surface area contributed by atoms with Crippen molar-refractivity contribution in [1.82, 2.24) is 4.13 Å². The third kappa shape index (κ3) is 5.56. The van der Waals surface area contributed by atoms with E-state index in [1.165, 1.54) is 34.8 Å². The van der Waals surface area contributed by atoms with Crippen LogP contribution >= 0.6 is 22.7 Å². The van der Waals surface area contributed by atoms with Crippen LogP contribution in [0.2, 0.25) is 0 Å². The molecule has 0 aliphatic rings. The Balaban J connectivity index is 2.08. The Kier molecular flexibility index (Phi) is 5.12. The predicted octanol–water partition coefficient (Wildman–Crippen LogP) is 2.70. The van der Waals surface area contributed by atoms with Crippen molar-refractivity contribution < 1.29 is 16.8 Å². The molecule has 2 aromatic heterocycles. The lowest BCUT2D eigenvalue weighted by atomic mass is 10.3. The summed E-state index contributed by atoms with van der Waals surface area (Å²) in [7, 11) is -8.14. The molecular weight excluding hydrogens is 350 g/mol. The molecule has 0 aliphatic heterocycles. The molecule has 5 nitrogen and oxygen atoms in total. The van der Waals surface area contributed by atoms with E-state index in [4.69, 9.17) is 0 Å². The molecule has 2 rings (SSSR count). The molecule has 0 unspecified atom stereocenters. The Labute approximate surface area is 131 Å². The number of rotatable bonds is 6. The summed E-state index contributed by atoms with van der Waals surface area (Å²) in [6.45, 7) is 0. The average molecular weight is 361 g/mol. The van der Waals surface area contributed by atoms with Crippen LogP contribution in [0.1, 0.15) is 11.1 Å². The number of hydrogen-bond acceptors (Lipinski definition) is 6. The van der Waals surface area contributed by atoms with Crippen LogP contribution in [0.5, 0.6) is 0 Å². The zero-order valence-corrected chi connectivity index (χ0v) is 13.8. The first-order valence-electron chi connectivity index (χ1n) is 5.55. The van der Waals surface area contributed by atoms with Gasteiger partial charge < -0.3 is 0 Å². The highest BCUT2D eigenvalue weighted by Crippen LogP contribution is 2.10. The molecular formula is C12H11NO4S4. The fourth-order valence-corrected chi connectivity index (χ4v) is 4.96.